The third-order valence-electron chi connectivity index (χ3n) is 3.35. The molecule has 0 saturated heterocycles. The average Bonchev–Trinajstić information content (AvgIpc) is 2.83. The fraction of sp³-hybridized carbons (Fsp3) is 0.0556. The SMILES string of the molecule is Cc1ccccc1/C=C1/C=C(c2ccc(Cl)cc2)OC1=O. The third-order valence-corrected chi connectivity index (χ3v) is 3.61. The van der Waals surface area contributed by atoms with Gasteiger partial charge in [-0.25, -0.2) is 4.79 Å². The average molecular weight is 297 g/mol. The summed E-state index contributed by atoms with van der Waals surface area (Å²) in [6.45, 7) is 2.01. The molecular formula is C18H13ClO2. The van der Waals surface area contributed by atoms with Crippen LogP contribution in [-0.4, -0.2) is 5.97 Å². The summed E-state index contributed by atoms with van der Waals surface area (Å²) < 4.78 is 5.32. The molecule has 3 rings (SSSR count). The Balaban J connectivity index is 1.96. The molecule has 0 spiro atoms. The molecule has 0 aromatic heterocycles. The van der Waals surface area contributed by atoms with Crippen LogP contribution in [0, 0.1) is 6.92 Å². The molecule has 1 aliphatic heterocycles. The van der Waals surface area contributed by atoms with Gasteiger partial charge in [0, 0.05) is 10.6 Å². The number of carbonyl (C=O) groups excluding carboxylic acids is 1. The first-order chi connectivity index (χ1) is 10.1. The molecule has 0 saturated carbocycles. The molecule has 2 aromatic carbocycles. The van der Waals surface area contributed by atoms with Gasteiger partial charge >= 0.3 is 5.97 Å². The summed E-state index contributed by atoms with van der Waals surface area (Å²) in [5, 5.41) is 0.652. The number of carbonyl (C=O) groups is 1. The minimum Gasteiger partial charge on any atom is -0.422 e. The zero-order valence-corrected chi connectivity index (χ0v) is 12.2. The van der Waals surface area contributed by atoms with Gasteiger partial charge in [0.1, 0.15) is 5.76 Å². The predicted molar refractivity (Wildman–Crippen MR) is 84.7 cm³/mol. The summed E-state index contributed by atoms with van der Waals surface area (Å²) in [4.78, 5) is 12.0. The highest BCUT2D eigenvalue weighted by Gasteiger charge is 2.21. The standard InChI is InChI=1S/C18H13ClO2/c1-12-4-2-3-5-14(12)10-15-11-17(21-18(15)20)13-6-8-16(19)9-7-13/h2-11H,1H3/b15-10-. The fourth-order valence-corrected chi connectivity index (χ4v) is 2.29. The summed E-state index contributed by atoms with van der Waals surface area (Å²) in [6, 6.07) is 15.1. The minimum absolute atomic E-state index is 0.330. The van der Waals surface area contributed by atoms with Crippen molar-refractivity contribution in [1.29, 1.82) is 0 Å². The smallest absolute Gasteiger partial charge is 0.343 e. The van der Waals surface area contributed by atoms with Gasteiger partial charge in [0.05, 0.1) is 5.57 Å². The second-order valence-corrected chi connectivity index (χ2v) is 5.30. The molecule has 0 unspecified atom stereocenters. The Morgan fingerprint density at radius 1 is 1.05 bits per heavy atom. The zero-order chi connectivity index (χ0) is 14.8. The summed E-state index contributed by atoms with van der Waals surface area (Å²) in [7, 11) is 0. The lowest BCUT2D eigenvalue weighted by Crippen LogP contribution is -1.97. The van der Waals surface area contributed by atoms with Gasteiger partial charge < -0.3 is 4.74 Å². The number of cyclic esters (lactones) is 1. The van der Waals surface area contributed by atoms with E-state index in [-0.39, 0.29) is 5.97 Å². The van der Waals surface area contributed by atoms with Crippen molar-refractivity contribution in [3.05, 3.63) is 81.9 Å². The van der Waals surface area contributed by atoms with E-state index in [0.29, 0.717) is 16.4 Å². The molecule has 2 nitrogen and oxygen atoms in total. The van der Waals surface area contributed by atoms with Gasteiger partial charge in [-0.3, -0.25) is 0 Å². The molecule has 1 aliphatic rings. The van der Waals surface area contributed by atoms with Crippen molar-refractivity contribution < 1.29 is 9.53 Å². The van der Waals surface area contributed by atoms with E-state index in [0.717, 1.165) is 16.7 Å². The molecule has 2 aromatic rings. The van der Waals surface area contributed by atoms with E-state index in [2.05, 4.69) is 0 Å². The number of hydrogen-bond acceptors (Lipinski definition) is 2. The van der Waals surface area contributed by atoms with Crippen LogP contribution in [0.2, 0.25) is 5.02 Å². The summed E-state index contributed by atoms with van der Waals surface area (Å²) >= 11 is 5.86. The Morgan fingerprint density at radius 3 is 2.48 bits per heavy atom. The van der Waals surface area contributed by atoms with Crippen LogP contribution in [-0.2, 0) is 9.53 Å². The van der Waals surface area contributed by atoms with E-state index >= 15 is 0 Å². The second kappa shape index (κ2) is 5.58. The number of rotatable bonds is 2. The normalized spacial score (nSPS) is 16.0. The van der Waals surface area contributed by atoms with E-state index in [1.54, 1.807) is 18.2 Å². The van der Waals surface area contributed by atoms with Gasteiger partial charge in [0.15, 0.2) is 0 Å². The number of halogens is 1. The molecule has 0 N–H and O–H groups in total. The largest absolute Gasteiger partial charge is 0.422 e. The Kier molecular flexibility index (Phi) is 3.63. The van der Waals surface area contributed by atoms with Crippen molar-refractivity contribution in [2.45, 2.75) is 6.92 Å². The van der Waals surface area contributed by atoms with Crippen LogP contribution >= 0.6 is 11.6 Å². The number of esters is 1. The topological polar surface area (TPSA) is 26.3 Å². The van der Waals surface area contributed by atoms with E-state index < -0.39 is 0 Å². The minimum atomic E-state index is -0.330. The van der Waals surface area contributed by atoms with Crippen LogP contribution in [0.4, 0.5) is 0 Å². The maximum atomic E-state index is 12.0. The van der Waals surface area contributed by atoms with E-state index in [9.17, 15) is 4.79 Å². The third kappa shape index (κ3) is 2.91. The lowest BCUT2D eigenvalue weighted by Gasteiger charge is -2.01. The molecule has 0 fully saturated rings. The van der Waals surface area contributed by atoms with Crippen LogP contribution in [0.3, 0.4) is 0 Å². The van der Waals surface area contributed by atoms with E-state index in [4.69, 9.17) is 16.3 Å². The maximum Gasteiger partial charge on any atom is 0.343 e. The van der Waals surface area contributed by atoms with Crippen molar-refractivity contribution in [3.63, 3.8) is 0 Å². The van der Waals surface area contributed by atoms with Crippen molar-refractivity contribution >= 4 is 29.4 Å². The van der Waals surface area contributed by atoms with Crippen LogP contribution in [0.25, 0.3) is 11.8 Å². The molecule has 0 aliphatic carbocycles. The van der Waals surface area contributed by atoms with Crippen molar-refractivity contribution in [3.8, 4) is 0 Å². The van der Waals surface area contributed by atoms with Gasteiger partial charge in [0.25, 0.3) is 0 Å². The number of benzene rings is 2. The highest BCUT2D eigenvalue weighted by Crippen LogP contribution is 2.28. The zero-order valence-electron chi connectivity index (χ0n) is 11.5. The lowest BCUT2D eigenvalue weighted by atomic mass is 10.1. The molecule has 0 atom stereocenters. The van der Waals surface area contributed by atoms with Gasteiger partial charge in [-0.2, -0.15) is 0 Å². The molecule has 104 valence electrons. The predicted octanol–water partition coefficient (Wildman–Crippen LogP) is 4.63. The monoisotopic (exact) mass is 296 g/mol. The van der Waals surface area contributed by atoms with Crippen LogP contribution in [0.1, 0.15) is 16.7 Å². The molecule has 0 amide bonds. The molecule has 21 heavy (non-hydrogen) atoms. The Hall–Kier alpha value is -2.32. The van der Waals surface area contributed by atoms with E-state index in [1.165, 1.54) is 0 Å². The summed E-state index contributed by atoms with van der Waals surface area (Å²) in [6.07, 6.45) is 3.61. The second-order valence-electron chi connectivity index (χ2n) is 4.86. The maximum absolute atomic E-state index is 12.0. The van der Waals surface area contributed by atoms with Crippen LogP contribution in [0.15, 0.2) is 60.2 Å². The first-order valence-corrected chi connectivity index (χ1v) is 6.98. The van der Waals surface area contributed by atoms with Crippen LogP contribution < -0.4 is 0 Å². The Labute approximate surface area is 128 Å². The summed E-state index contributed by atoms with van der Waals surface area (Å²) in [5.41, 5.74) is 3.51. The van der Waals surface area contributed by atoms with Crippen LogP contribution in [0.5, 0.6) is 0 Å². The van der Waals surface area contributed by atoms with Gasteiger partial charge in [-0.05, 0) is 54.5 Å². The van der Waals surface area contributed by atoms with Gasteiger partial charge in [-0.1, -0.05) is 35.9 Å². The molecule has 0 radical (unpaired) electrons. The summed E-state index contributed by atoms with van der Waals surface area (Å²) in [5.74, 6) is 0.222. The van der Waals surface area contributed by atoms with Gasteiger partial charge in [0.2, 0.25) is 0 Å². The molecule has 1 heterocycles. The molecule has 3 heteroatoms. The highest BCUT2D eigenvalue weighted by molar-refractivity contribution is 6.30. The highest BCUT2D eigenvalue weighted by atomic mass is 35.5. The fourth-order valence-electron chi connectivity index (χ4n) is 2.16. The first kappa shape index (κ1) is 13.7. The van der Waals surface area contributed by atoms with Gasteiger partial charge in [-0.15, -0.1) is 0 Å². The number of hydrogen-bond donors (Lipinski definition) is 0. The van der Waals surface area contributed by atoms with Crippen molar-refractivity contribution in [2.24, 2.45) is 0 Å². The van der Waals surface area contributed by atoms with E-state index in [1.807, 2.05) is 49.4 Å². The molecular weight excluding hydrogens is 284 g/mol. The quantitative estimate of drug-likeness (QED) is 0.596. The van der Waals surface area contributed by atoms with Crippen molar-refractivity contribution in [1.82, 2.24) is 0 Å². The first-order valence-electron chi connectivity index (χ1n) is 6.60. The number of aryl methyl sites for hydroxylation is 1. The number of ether oxygens (including phenoxy) is 1. The lowest BCUT2D eigenvalue weighted by molar-refractivity contribution is -0.130. The molecule has 0 bridgehead atoms. The van der Waals surface area contributed by atoms with Crippen molar-refractivity contribution in [2.75, 3.05) is 0 Å². The Bertz CT molecular complexity index is 755. The Morgan fingerprint density at radius 2 is 1.76 bits per heavy atom.